The van der Waals surface area contributed by atoms with Crippen LogP contribution in [0, 0.1) is 6.92 Å². The van der Waals surface area contributed by atoms with Crippen LogP contribution in [0.3, 0.4) is 0 Å². The van der Waals surface area contributed by atoms with Crippen molar-refractivity contribution in [2.24, 2.45) is 0 Å². The highest BCUT2D eigenvalue weighted by molar-refractivity contribution is 5.79. The molecule has 1 saturated heterocycles. The molecule has 20 heavy (non-hydrogen) atoms. The molecule has 0 unspecified atom stereocenters. The van der Waals surface area contributed by atoms with Crippen molar-refractivity contribution in [1.29, 1.82) is 0 Å². The summed E-state index contributed by atoms with van der Waals surface area (Å²) in [5, 5.41) is 6.89. The SMILES string of the molecule is Cc1cc(CC(=O)NC2(c3ccccc3)COC2)no1. The lowest BCUT2D eigenvalue weighted by Crippen LogP contribution is -2.59. The largest absolute Gasteiger partial charge is 0.376 e. The van der Waals surface area contributed by atoms with Gasteiger partial charge in [-0.1, -0.05) is 35.5 Å². The minimum absolute atomic E-state index is 0.0783. The first-order chi connectivity index (χ1) is 9.68. The maximum Gasteiger partial charge on any atom is 0.227 e. The van der Waals surface area contributed by atoms with Crippen LogP contribution in [0.5, 0.6) is 0 Å². The van der Waals surface area contributed by atoms with Crippen LogP contribution in [0.25, 0.3) is 0 Å². The van der Waals surface area contributed by atoms with Gasteiger partial charge < -0.3 is 14.6 Å². The maximum absolute atomic E-state index is 12.2. The van der Waals surface area contributed by atoms with E-state index >= 15 is 0 Å². The molecular formula is C15H16N2O3. The molecule has 3 rings (SSSR count). The molecule has 0 saturated carbocycles. The van der Waals surface area contributed by atoms with Crippen LogP contribution in [-0.4, -0.2) is 24.3 Å². The Balaban J connectivity index is 1.70. The van der Waals surface area contributed by atoms with Crippen molar-refractivity contribution < 1.29 is 14.1 Å². The summed E-state index contributed by atoms with van der Waals surface area (Å²) in [6.45, 7) is 2.81. The van der Waals surface area contributed by atoms with Gasteiger partial charge in [0.15, 0.2) is 0 Å². The summed E-state index contributed by atoms with van der Waals surface area (Å²) < 4.78 is 10.3. The first-order valence-corrected chi connectivity index (χ1v) is 6.54. The Bertz CT molecular complexity index is 603. The number of ether oxygens (including phenoxy) is 1. The minimum atomic E-state index is -0.406. The van der Waals surface area contributed by atoms with Gasteiger partial charge in [0.2, 0.25) is 5.91 Å². The van der Waals surface area contributed by atoms with Gasteiger partial charge in [0.1, 0.15) is 11.3 Å². The van der Waals surface area contributed by atoms with Crippen LogP contribution >= 0.6 is 0 Å². The second-order valence-electron chi connectivity index (χ2n) is 5.09. The number of aryl methyl sites for hydroxylation is 1. The fourth-order valence-corrected chi connectivity index (χ4v) is 2.35. The predicted octanol–water partition coefficient (Wildman–Crippen LogP) is 1.57. The average molecular weight is 272 g/mol. The Morgan fingerprint density at radius 1 is 1.35 bits per heavy atom. The lowest BCUT2D eigenvalue weighted by molar-refractivity contribution is -0.133. The summed E-state index contributed by atoms with van der Waals surface area (Å²) >= 11 is 0. The highest BCUT2D eigenvalue weighted by Crippen LogP contribution is 2.29. The van der Waals surface area contributed by atoms with Crippen molar-refractivity contribution in [2.75, 3.05) is 13.2 Å². The van der Waals surface area contributed by atoms with Crippen LogP contribution in [0.15, 0.2) is 40.9 Å². The molecule has 0 aliphatic carbocycles. The molecule has 0 bridgehead atoms. The van der Waals surface area contributed by atoms with E-state index in [9.17, 15) is 4.79 Å². The van der Waals surface area contributed by atoms with Crippen molar-refractivity contribution in [3.63, 3.8) is 0 Å². The van der Waals surface area contributed by atoms with E-state index in [-0.39, 0.29) is 12.3 Å². The molecule has 1 amide bonds. The third-order valence-corrected chi connectivity index (χ3v) is 3.42. The normalized spacial score (nSPS) is 16.4. The number of nitrogens with zero attached hydrogens (tertiary/aromatic N) is 1. The van der Waals surface area contributed by atoms with E-state index < -0.39 is 5.54 Å². The number of nitrogens with one attached hydrogen (secondary N) is 1. The molecule has 1 aromatic carbocycles. The highest BCUT2D eigenvalue weighted by Gasteiger charge is 2.41. The lowest BCUT2D eigenvalue weighted by atomic mass is 9.88. The molecule has 1 N–H and O–H groups in total. The summed E-state index contributed by atoms with van der Waals surface area (Å²) in [5.74, 6) is 0.628. The zero-order chi connectivity index (χ0) is 14.0. The molecule has 0 radical (unpaired) electrons. The Kier molecular flexibility index (Phi) is 3.28. The molecule has 1 aliphatic heterocycles. The monoisotopic (exact) mass is 272 g/mol. The first-order valence-electron chi connectivity index (χ1n) is 6.54. The Hall–Kier alpha value is -2.14. The lowest BCUT2D eigenvalue weighted by Gasteiger charge is -2.42. The molecule has 2 heterocycles. The number of carbonyl (C=O) groups excluding carboxylic acids is 1. The van der Waals surface area contributed by atoms with Crippen LogP contribution in [0.4, 0.5) is 0 Å². The van der Waals surface area contributed by atoms with Crippen LogP contribution in [0.1, 0.15) is 17.0 Å². The third-order valence-electron chi connectivity index (χ3n) is 3.42. The van der Waals surface area contributed by atoms with E-state index in [1.807, 2.05) is 30.3 Å². The smallest absolute Gasteiger partial charge is 0.227 e. The van der Waals surface area contributed by atoms with Crippen LogP contribution in [-0.2, 0) is 21.5 Å². The summed E-state index contributed by atoms with van der Waals surface area (Å²) in [6.07, 6.45) is 0.214. The molecule has 0 atom stereocenters. The van der Waals surface area contributed by atoms with E-state index in [0.29, 0.717) is 24.7 Å². The minimum Gasteiger partial charge on any atom is -0.376 e. The Morgan fingerprint density at radius 3 is 2.65 bits per heavy atom. The van der Waals surface area contributed by atoms with Crippen LogP contribution < -0.4 is 5.32 Å². The number of amides is 1. The fraction of sp³-hybridized carbons (Fsp3) is 0.333. The number of carbonyl (C=O) groups is 1. The summed E-state index contributed by atoms with van der Waals surface area (Å²) in [4.78, 5) is 12.2. The van der Waals surface area contributed by atoms with Gasteiger partial charge in [-0.05, 0) is 12.5 Å². The molecule has 5 heteroatoms. The van der Waals surface area contributed by atoms with Crippen molar-refractivity contribution >= 4 is 5.91 Å². The van der Waals surface area contributed by atoms with Gasteiger partial charge in [0.25, 0.3) is 0 Å². The number of hydrogen-bond acceptors (Lipinski definition) is 4. The quantitative estimate of drug-likeness (QED) is 0.917. The molecular weight excluding hydrogens is 256 g/mol. The molecule has 104 valence electrons. The van der Waals surface area contributed by atoms with E-state index in [2.05, 4.69) is 10.5 Å². The van der Waals surface area contributed by atoms with Gasteiger partial charge in [0.05, 0.1) is 25.3 Å². The number of rotatable bonds is 4. The first kappa shape index (κ1) is 12.9. The maximum atomic E-state index is 12.2. The van der Waals surface area contributed by atoms with E-state index in [1.165, 1.54) is 0 Å². The molecule has 1 aromatic heterocycles. The Labute approximate surface area is 116 Å². The van der Waals surface area contributed by atoms with Gasteiger partial charge in [-0.3, -0.25) is 4.79 Å². The fourth-order valence-electron chi connectivity index (χ4n) is 2.35. The second-order valence-corrected chi connectivity index (χ2v) is 5.09. The van der Waals surface area contributed by atoms with Gasteiger partial charge in [0, 0.05) is 6.07 Å². The second kappa shape index (κ2) is 5.09. The van der Waals surface area contributed by atoms with E-state index in [4.69, 9.17) is 9.26 Å². The van der Waals surface area contributed by atoms with Gasteiger partial charge in [-0.25, -0.2) is 0 Å². The zero-order valence-corrected chi connectivity index (χ0v) is 11.3. The van der Waals surface area contributed by atoms with Crippen molar-refractivity contribution in [3.8, 4) is 0 Å². The summed E-state index contributed by atoms with van der Waals surface area (Å²) in [6, 6.07) is 11.7. The molecule has 1 fully saturated rings. The van der Waals surface area contributed by atoms with E-state index in [1.54, 1.807) is 13.0 Å². The van der Waals surface area contributed by atoms with Gasteiger partial charge in [-0.2, -0.15) is 0 Å². The standard InChI is InChI=1S/C15H16N2O3/c1-11-7-13(17-20-11)8-14(18)16-15(9-19-10-15)12-5-3-2-4-6-12/h2-7H,8-10H2,1H3,(H,16,18). The predicted molar refractivity (Wildman–Crippen MR) is 72.0 cm³/mol. The summed E-state index contributed by atoms with van der Waals surface area (Å²) in [7, 11) is 0. The topological polar surface area (TPSA) is 64.4 Å². The molecule has 0 spiro atoms. The zero-order valence-electron chi connectivity index (χ0n) is 11.3. The van der Waals surface area contributed by atoms with Crippen LogP contribution in [0.2, 0.25) is 0 Å². The van der Waals surface area contributed by atoms with Crippen molar-refractivity contribution in [3.05, 3.63) is 53.4 Å². The van der Waals surface area contributed by atoms with Gasteiger partial charge >= 0.3 is 0 Å². The van der Waals surface area contributed by atoms with E-state index in [0.717, 1.165) is 5.56 Å². The number of aromatic nitrogens is 1. The number of hydrogen-bond donors (Lipinski definition) is 1. The highest BCUT2D eigenvalue weighted by atomic mass is 16.5. The number of benzene rings is 1. The molecule has 2 aromatic rings. The molecule has 1 aliphatic rings. The summed E-state index contributed by atoms with van der Waals surface area (Å²) in [5.41, 5.74) is 1.30. The average Bonchev–Trinajstić information content (AvgIpc) is 2.80. The molecule has 5 nitrogen and oxygen atoms in total. The van der Waals surface area contributed by atoms with Crippen molar-refractivity contribution in [2.45, 2.75) is 18.9 Å². The third kappa shape index (κ3) is 2.44. The van der Waals surface area contributed by atoms with Gasteiger partial charge in [-0.15, -0.1) is 0 Å². The Morgan fingerprint density at radius 2 is 2.10 bits per heavy atom. The van der Waals surface area contributed by atoms with Crippen molar-refractivity contribution in [1.82, 2.24) is 10.5 Å².